The number of anilines is 2. The number of rotatable bonds is 0. The molecule has 4 heteroatoms. The standard InChI is InChI=1S/C20H22N2OS/c1-20(2)12-7-13-21(14-20)19(23)22-15-8-3-5-10-17(15)24-18-11-6-4-9-16(18)22/h3-6,8-11H,7,12-14H2,1-2H3. The summed E-state index contributed by atoms with van der Waals surface area (Å²) in [5, 5.41) is 0. The molecule has 0 bridgehead atoms. The summed E-state index contributed by atoms with van der Waals surface area (Å²) in [6.45, 7) is 6.16. The van der Waals surface area contributed by atoms with Crippen molar-refractivity contribution in [1.82, 2.24) is 4.90 Å². The lowest BCUT2D eigenvalue weighted by Crippen LogP contribution is -2.49. The zero-order valence-corrected chi connectivity index (χ0v) is 15.0. The molecule has 2 aromatic rings. The molecule has 0 N–H and O–H groups in total. The molecule has 0 atom stereocenters. The molecule has 24 heavy (non-hydrogen) atoms. The Kier molecular flexibility index (Phi) is 3.80. The molecular weight excluding hydrogens is 316 g/mol. The Balaban J connectivity index is 1.76. The van der Waals surface area contributed by atoms with Gasteiger partial charge in [-0.2, -0.15) is 0 Å². The number of urea groups is 1. The fourth-order valence-electron chi connectivity index (χ4n) is 3.64. The van der Waals surface area contributed by atoms with Gasteiger partial charge in [0, 0.05) is 22.9 Å². The van der Waals surface area contributed by atoms with Crippen LogP contribution in [0.15, 0.2) is 58.3 Å². The van der Waals surface area contributed by atoms with Crippen LogP contribution in [0, 0.1) is 5.41 Å². The van der Waals surface area contributed by atoms with Gasteiger partial charge >= 0.3 is 6.03 Å². The predicted octanol–water partition coefficient (Wildman–Crippen LogP) is 5.53. The minimum absolute atomic E-state index is 0.1000. The van der Waals surface area contributed by atoms with Gasteiger partial charge in [0.2, 0.25) is 0 Å². The van der Waals surface area contributed by atoms with Crippen LogP contribution >= 0.6 is 11.8 Å². The molecule has 124 valence electrons. The van der Waals surface area contributed by atoms with Gasteiger partial charge in [-0.05, 0) is 42.5 Å². The minimum Gasteiger partial charge on any atom is -0.324 e. The first-order valence-corrected chi connectivity index (χ1v) is 9.32. The molecule has 1 fully saturated rings. The maximum Gasteiger partial charge on any atom is 0.329 e. The summed E-state index contributed by atoms with van der Waals surface area (Å²) >= 11 is 1.74. The highest BCUT2D eigenvalue weighted by Gasteiger charge is 2.35. The van der Waals surface area contributed by atoms with Crippen molar-refractivity contribution in [3.05, 3.63) is 48.5 Å². The number of benzene rings is 2. The molecule has 0 radical (unpaired) electrons. The monoisotopic (exact) mass is 338 g/mol. The number of likely N-dealkylation sites (tertiary alicyclic amines) is 1. The Hall–Kier alpha value is -1.94. The lowest BCUT2D eigenvalue weighted by molar-refractivity contribution is 0.135. The summed E-state index contributed by atoms with van der Waals surface area (Å²) in [4.78, 5) is 19.6. The van der Waals surface area contributed by atoms with Crippen LogP contribution in [0.3, 0.4) is 0 Å². The number of carbonyl (C=O) groups excluding carboxylic acids is 1. The Morgan fingerprint density at radius 2 is 1.58 bits per heavy atom. The van der Waals surface area contributed by atoms with E-state index in [4.69, 9.17) is 0 Å². The maximum absolute atomic E-state index is 13.4. The fraction of sp³-hybridized carbons (Fsp3) is 0.350. The predicted molar refractivity (Wildman–Crippen MR) is 99.1 cm³/mol. The number of hydrogen-bond donors (Lipinski definition) is 0. The number of amides is 2. The summed E-state index contributed by atoms with van der Waals surface area (Å²) in [5.41, 5.74) is 2.18. The summed E-state index contributed by atoms with van der Waals surface area (Å²) < 4.78 is 0. The van der Waals surface area contributed by atoms with E-state index in [9.17, 15) is 4.79 Å². The second kappa shape index (κ2) is 5.85. The van der Waals surface area contributed by atoms with Crippen molar-refractivity contribution in [3.8, 4) is 0 Å². The largest absolute Gasteiger partial charge is 0.329 e. The highest BCUT2D eigenvalue weighted by atomic mass is 32.2. The summed E-state index contributed by atoms with van der Waals surface area (Å²) in [7, 11) is 0. The highest BCUT2D eigenvalue weighted by Crippen LogP contribution is 2.48. The topological polar surface area (TPSA) is 23.6 Å². The Labute approximate surface area is 147 Å². The number of piperidine rings is 1. The third kappa shape index (κ3) is 2.69. The van der Waals surface area contributed by atoms with Gasteiger partial charge in [0.15, 0.2) is 0 Å². The van der Waals surface area contributed by atoms with Gasteiger partial charge < -0.3 is 4.90 Å². The molecule has 0 aromatic heterocycles. The van der Waals surface area contributed by atoms with Gasteiger partial charge in [0.05, 0.1) is 11.4 Å². The first kappa shape index (κ1) is 15.6. The lowest BCUT2D eigenvalue weighted by Gasteiger charge is -2.41. The molecule has 2 aliphatic rings. The summed E-state index contributed by atoms with van der Waals surface area (Å²) in [6, 6.07) is 16.5. The van der Waals surface area contributed by atoms with Crippen molar-refractivity contribution >= 4 is 29.2 Å². The summed E-state index contributed by atoms with van der Waals surface area (Å²) in [6.07, 6.45) is 2.25. The Morgan fingerprint density at radius 3 is 2.17 bits per heavy atom. The van der Waals surface area contributed by atoms with E-state index in [1.165, 1.54) is 6.42 Å². The van der Waals surface area contributed by atoms with E-state index in [0.717, 1.165) is 40.7 Å². The molecule has 1 saturated heterocycles. The quantitative estimate of drug-likeness (QED) is 0.630. The SMILES string of the molecule is CC1(C)CCCN(C(=O)N2c3ccccc3Sc3ccccc32)C1. The second-order valence-corrected chi connectivity index (χ2v) is 8.43. The molecule has 4 rings (SSSR count). The molecular formula is C20H22N2OS. The average molecular weight is 338 g/mol. The van der Waals surface area contributed by atoms with E-state index >= 15 is 0 Å². The van der Waals surface area contributed by atoms with E-state index in [-0.39, 0.29) is 11.4 Å². The Bertz CT molecular complexity index is 741. The third-order valence-electron chi connectivity index (χ3n) is 4.79. The van der Waals surface area contributed by atoms with Gasteiger partial charge in [0.1, 0.15) is 0 Å². The van der Waals surface area contributed by atoms with E-state index in [1.54, 1.807) is 11.8 Å². The number of fused-ring (bicyclic) bond motifs is 2. The zero-order valence-electron chi connectivity index (χ0n) is 14.2. The van der Waals surface area contributed by atoms with Crippen LogP contribution < -0.4 is 4.90 Å². The molecule has 0 spiro atoms. The van der Waals surface area contributed by atoms with E-state index < -0.39 is 0 Å². The van der Waals surface area contributed by atoms with Gasteiger partial charge in [-0.1, -0.05) is 49.9 Å². The van der Waals surface area contributed by atoms with Gasteiger partial charge in [-0.15, -0.1) is 0 Å². The van der Waals surface area contributed by atoms with Crippen molar-refractivity contribution in [2.45, 2.75) is 36.5 Å². The van der Waals surface area contributed by atoms with Crippen LogP contribution in [-0.4, -0.2) is 24.0 Å². The van der Waals surface area contributed by atoms with Crippen molar-refractivity contribution in [1.29, 1.82) is 0 Å². The van der Waals surface area contributed by atoms with Crippen LogP contribution in [0.5, 0.6) is 0 Å². The molecule has 2 aromatic carbocycles. The second-order valence-electron chi connectivity index (χ2n) is 7.34. The van der Waals surface area contributed by atoms with E-state index in [1.807, 2.05) is 46.2 Å². The number of hydrogen-bond acceptors (Lipinski definition) is 2. The van der Waals surface area contributed by atoms with E-state index in [2.05, 4.69) is 26.0 Å². The fourth-order valence-corrected chi connectivity index (χ4v) is 4.70. The van der Waals surface area contributed by atoms with Crippen LogP contribution in [0.4, 0.5) is 16.2 Å². The highest BCUT2D eigenvalue weighted by molar-refractivity contribution is 7.99. The maximum atomic E-state index is 13.4. The van der Waals surface area contributed by atoms with Crippen LogP contribution in [-0.2, 0) is 0 Å². The molecule has 2 amide bonds. The molecule has 0 unspecified atom stereocenters. The average Bonchev–Trinajstić information content (AvgIpc) is 2.58. The lowest BCUT2D eigenvalue weighted by atomic mass is 9.84. The van der Waals surface area contributed by atoms with Crippen molar-refractivity contribution in [3.63, 3.8) is 0 Å². The number of carbonyl (C=O) groups is 1. The van der Waals surface area contributed by atoms with Crippen LogP contribution in [0.25, 0.3) is 0 Å². The first-order chi connectivity index (χ1) is 11.6. The molecule has 2 aliphatic heterocycles. The smallest absolute Gasteiger partial charge is 0.324 e. The van der Waals surface area contributed by atoms with E-state index in [0.29, 0.717) is 0 Å². The van der Waals surface area contributed by atoms with Crippen molar-refractivity contribution in [2.24, 2.45) is 5.41 Å². The third-order valence-corrected chi connectivity index (χ3v) is 5.92. The van der Waals surface area contributed by atoms with Crippen LogP contribution in [0.2, 0.25) is 0 Å². The normalized spacial score (nSPS) is 18.8. The molecule has 0 aliphatic carbocycles. The first-order valence-electron chi connectivity index (χ1n) is 8.50. The van der Waals surface area contributed by atoms with Gasteiger partial charge in [-0.3, -0.25) is 4.90 Å². The Morgan fingerprint density at radius 1 is 1.00 bits per heavy atom. The molecule has 0 saturated carbocycles. The molecule has 3 nitrogen and oxygen atoms in total. The van der Waals surface area contributed by atoms with Crippen LogP contribution in [0.1, 0.15) is 26.7 Å². The van der Waals surface area contributed by atoms with Gasteiger partial charge in [-0.25, -0.2) is 4.79 Å². The number of nitrogens with zero attached hydrogens (tertiary/aromatic N) is 2. The summed E-state index contributed by atoms with van der Waals surface area (Å²) in [5.74, 6) is 0. The van der Waals surface area contributed by atoms with Crippen molar-refractivity contribution in [2.75, 3.05) is 18.0 Å². The molecule has 2 heterocycles. The van der Waals surface area contributed by atoms with Gasteiger partial charge in [0.25, 0.3) is 0 Å². The number of para-hydroxylation sites is 2. The zero-order chi connectivity index (χ0) is 16.7. The van der Waals surface area contributed by atoms with Crippen molar-refractivity contribution < 1.29 is 4.79 Å². The minimum atomic E-state index is 0.1000.